The fraction of sp³-hybridized carbons (Fsp3) is 0.952. The van der Waals surface area contributed by atoms with E-state index in [4.69, 9.17) is 14.2 Å². The second kappa shape index (κ2) is 55.7. The van der Waals surface area contributed by atoms with Gasteiger partial charge in [0, 0.05) is 19.3 Å². The highest BCUT2D eigenvalue weighted by molar-refractivity contribution is 5.71. The Hall–Kier alpha value is -1.59. The summed E-state index contributed by atoms with van der Waals surface area (Å²) in [4.78, 5) is 38.2. The molecule has 0 aromatic carbocycles. The normalized spacial score (nSPS) is 12.0. The van der Waals surface area contributed by atoms with Crippen LogP contribution in [0.1, 0.15) is 356 Å². The van der Waals surface area contributed by atoms with Gasteiger partial charge in [-0.1, -0.05) is 317 Å². The third-order valence-corrected chi connectivity index (χ3v) is 14.5. The summed E-state index contributed by atoms with van der Waals surface area (Å²) in [5, 5.41) is 0. The average molecular weight is 976 g/mol. The van der Waals surface area contributed by atoms with E-state index in [2.05, 4.69) is 34.6 Å². The molecular formula is C63H122O6. The number of esters is 3. The van der Waals surface area contributed by atoms with Gasteiger partial charge in [0.2, 0.25) is 0 Å². The lowest BCUT2D eigenvalue weighted by atomic mass is 10.0. The molecule has 0 radical (unpaired) electrons. The van der Waals surface area contributed by atoms with E-state index in [1.165, 1.54) is 244 Å². The fourth-order valence-electron chi connectivity index (χ4n) is 9.76. The second-order valence-electron chi connectivity index (χ2n) is 22.6. The number of ether oxygens (including phenoxy) is 3. The van der Waals surface area contributed by atoms with Gasteiger partial charge >= 0.3 is 17.9 Å². The minimum Gasteiger partial charge on any atom is -0.462 e. The molecule has 69 heavy (non-hydrogen) atoms. The number of carbonyl (C=O) groups excluding carboxylic acids is 3. The van der Waals surface area contributed by atoms with Crippen LogP contribution in [0.4, 0.5) is 0 Å². The first-order valence-corrected chi connectivity index (χ1v) is 31.2. The first-order chi connectivity index (χ1) is 33.7. The van der Waals surface area contributed by atoms with Crippen molar-refractivity contribution in [3.63, 3.8) is 0 Å². The van der Waals surface area contributed by atoms with E-state index in [0.717, 1.165) is 69.6 Å². The van der Waals surface area contributed by atoms with Gasteiger partial charge in [-0.15, -0.1) is 0 Å². The number of hydrogen-bond donors (Lipinski definition) is 0. The van der Waals surface area contributed by atoms with Gasteiger partial charge in [-0.05, 0) is 31.1 Å². The molecule has 0 amide bonds. The monoisotopic (exact) mass is 975 g/mol. The third kappa shape index (κ3) is 57.2. The number of carbonyl (C=O) groups is 3. The summed E-state index contributed by atoms with van der Waals surface area (Å²) < 4.78 is 16.9. The Morgan fingerprint density at radius 3 is 0.710 bits per heavy atom. The zero-order valence-electron chi connectivity index (χ0n) is 47.5. The fourth-order valence-corrected chi connectivity index (χ4v) is 9.76. The summed E-state index contributed by atoms with van der Waals surface area (Å²) >= 11 is 0. The predicted molar refractivity (Wildman–Crippen MR) is 298 cm³/mol. The van der Waals surface area contributed by atoms with Crippen molar-refractivity contribution in [2.75, 3.05) is 13.2 Å². The Bertz CT molecular complexity index is 1060. The summed E-state index contributed by atoms with van der Waals surface area (Å²) in [5.74, 6) is 0.865. The molecule has 0 fully saturated rings. The molecule has 0 rings (SSSR count). The van der Waals surface area contributed by atoms with Crippen LogP contribution in [0.2, 0.25) is 0 Å². The van der Waals surface area contributed by atoms with Crippen molar-refractivity contribution in [3.8, 4) is 0 Å². The van der Waals surface area contributed by atoms with Crippen molar-refractivity contribution >= 4 is 17.9 Å². The topological polar surface area (TPSA) is 78.9 Å². The summed E-state index contributed by atoms with van der Waals surface area (Å²) in [6, 6.07) is 0. The summed E-state index contributed by atoms with van der Waals surface area (Å²) in [6.45, 7) is 11.4. The number of rotatable bonds is 57. The molecule has 0 aliphatic carbocycles. The highest BCUT2D eigenvalue weighted by Gasteiger charge is 2.19. The molecule has 0 saturated carbocycles. The van der Waals surface area contributed by atoms with Crippen LogP contribution in [0.3, 0.4) is 0 Å². The van der Waals surface area contributed by atoms with Crippen molar-refractivity contribution in [1.29, 1.82) is 0 Å². The van der Waals surface area contributed by atoms with Crippen LogP contribution in [0.5, 0.6) is 0 Å². The molecule has 0 spiro atoms. The van der Waals surface area contributed by atoms with Gasteiger partial charge in [0.25, 0.3) is 0 Å². The van der Waals surface area contributed by atoms with Crippen LogP contribution in [-0.4, -0.2) is 37.2 Å². The van der Waals surface area contributed by atoms with Crippen LogP contribution in [-0.2, 0) is 28.6 Å². The first kappa shape index (κ1) is 67.4. The highest BCUT2D eigenvalue weighted by Crippen LogP contribution is 2.19. The number of unbranched alkanes of at least 4 members (excludes halogenated alkanes) is 42. The second-order valence-corrected chi connectivity index (χ2v) is 22.6. The van der Waals surface area contributed by atoms with E-state index >= 15 is 0 Å². The van der Waals surface area contributed by atoms with Crippen LogP contribution in [0.15, 0.2) is 0 Å². The first-order valence-electron chi connectivity index (χ1n) is 31.2. The molecule has 0 bridgehead atoms. The molecule has 6 nitrogen and oxygen atoms in total. The molecule has 0 aromatic rings. The van der Waals surface area contributed by atoms with E-state index < -0.39 is 6.10 Å². The third-order valence-electron chi connectivity index (χ3n) is 14.5. The van der Waals surface area contributed by atoms with Crippen LogP contribution in [0.25, 0.3) is 0 Å². The maximum atomic E-state index is 12.9. The lowest BCUT2D eigenvalue weighted by Gasteiger charge is -2.18. The molecule has 0 aliphatic rings. The van der Waals surface area contributed by atoms with Gasteiger partial charge in [0.05, 0.1) is 0 Å². The van der Waals surface area contributed by atoms with Crippen LogP contribution >= 0.6 is 0 Å². The largest absolute Gasteiger partial charge is 0.462 e. The maximum Gasteiger partial charge on any atom is 0.306 e. The molecule has 0 N–H and O–H groups in total. The Morgan fingerprint density at radius 2 is 0.478 bits per heavy atom. The SMILES string of the molecule is CCCCCCCCCCCCCCCCC(=O)OC[C@H](COC(=O)CCCCCCCCCCCCCCCC(C)C)OC(=O)CCCCCCCCCCCCCCCCCCCCC(C)C. The summed E-state index contributed by atoms with van der Waals surface area (Å²) in [5.41, 5.74) is 0. The average Bonchev–Trinajstić information content (AvgIpc) is 3.32. The minimum atomic E-state index is -0.763. The zero-order chi connectivity index (χ0) is 50.4. The maximum absolute atomic E-state index is 12.9. The van der Waals surface area contributed by atoms with E-state index in [1.807, 2.05) is 0 Å². The van der Waals surface area contributed by atoms with Crippen molar-refractivity contribution in [2.45, 2.75) is 362 Å². The standard InChI is InChI=1S/C63H122O6/c1-6-7-8-9-10-11-12-13-23-28-33-38-43-48-53-61(64)67-56-60(57-68-62(65)54-49-44-39-34-29-25-20-22-27-32-37-42-47-52-59(4)5)69-63(66)55-50-45-40-35-30-24-19-17-15-14-16-18-21-26-31-36-41-46-51-58(2)3/h58-60H,6-57H2,1-5H3/t60-/m1/s1. The molecule has 6 heteroatoms. The van der Waals surface area contributed by atoms with Crippen LogP contribution < -0.4 is 0 Å². The van der Waals surface area contributed by atoms with Crippen molar-refractivity contribution in [1.82, 2.24) is 0 Å². The van der Waals surface area contributed by atoms with Crippen molar-refractivity contribution in [3.05, 3.63) is 0 Å². The molecule has 0 aliphatic heterocycles. The smallest absolute Gasteiger partial charge is 0.306 e. The van der Waals surface area contributed by atoms with Gasteiger partial charge in [-0.3, -0.25) is 14.4 Å². The van der Waals surface area contributed by atoms with Crippen molar-refractivity contribution < 1.29 is 28.6 Å². The van der Waals surface area contributed by atoms with Crippen LogP contribution in [0, 0.1) is 11.8 Å². The highest BCUT2D eigenvalue weighted by atomic mass is 16.6. The molecular weight excluding hydrogens is 853 g/mol. The quantitative estimate of drug-likeness (QED) is 0.0343. The van der Waals surface area contributed by atoms with Gasteiger partial charge in [0.1, 0.15) is 13.2 Å². The van der Waals surface area contributed by atoms with Gasteiger partial charge < -0.3 is 14.2 Å². The van der Waals surface area contributed by atoms with E-state index in [-0.39, 0.29) is 31.1 Å². The Balaban J connectivity index is 4.27. The van der Waals surface area contributed by atoms with Gasteiger partial charge in [-0.25, -0.2) is 0 Å². The van der Waals surface area contributed by atoms with Gasteiger partial charge in [0.15, 0.2) is 6.10 Å². The van der Waals surface area contributed by atoms with E-state index in [1.54, 1.807) is 0 Å². The Labute approximate surface area is 431 Å². The zero-order valence-corrected chi connectivity index (χ0v) is 47.5. The molecule has 0 aromatic heterocycles. The molecule has 0 heterocycles. The van der Waals surface area contributed by atoms with E-state index in [9.17, 15) is 14.4 Å². The lowest BCUT2D eigenvalue weighted by molar-refractivity contribution is -0.167. The minimum absolute atomic E-state index is 0.0620. The Kier molecular flexibility index (Phi) is 54.4. The number of hydrogen-bond acceptors (Lipinski definition) is 6. The lowest BCUT2D eigenvalue weighted by Crippen LogP contribution is -2.30. The summed E-state index contributed by atoms with van der Waals surface area (Å²) in [7, 11) is 0. The molecule has 1 atom stereocenters. The molecule has 0 saturated heterocycles. The summed E-state index contributed by atoms with van der Waals surface area (Å²) in [6.07, 6.45) is 61.0. The Morgan fingerprint density at radius 1 is 0.275 bits per heavy atom. The molecule has 410 valence electrons. The predicted octanol–water partition coefficient (Wildman–Crippen LogP) is 20.8. The van der Waals surface area contributed by atoms with E-state index in [0.29, 0.717) is 19.3 Å². The van der Waals surface area contributed by atoms with Crippen molar-refractivity contribution in [2.24, 2.45) is 11.8 Å². The molecule has 0 unspecified atom stereocenters. The van der Waals surface area contributed by atoms with Gasteiger partial charge in [-0.2, -0.15) is 0 Å².